The molecule has 2 aliphatic rings. The maximum atomic E-state index is 5.79. The number of fused-ring (bicyclic) bond motifs is 1. The van der Waals surface area contributed by atoms with E-state index in [4.69, 9.17) is 9.47 Å². The molecule has 2 rings (SSSR count). The fraction of sp³-hybridized carbons (Fsp3) is 1.00. The van der Waals surface area contributed by atoms with Gasteiger partial charge in [0, 0.05) is 37.2 Å². The van der Waals surface area contributed by atoms with Crippen LogP contribution >= 0.6 is 0 Å². The zero-order chi connectivity index (χ0) is 12.3. The van der Waals surface area contributed by atoms with Crippen molar-refractivity contribution in [3.63, 3.8) is 0 Å². The average Bonchev–Trinajstić information content (AvgIpc) is 2.74. The summed E-state index contributed by atoms with van der Waals surface area (Å²) in [6, 6.07) is 0.640. The lowest BCUT2D eigenvalue weighted by Gasteiger charge is -2.55. The predicted octanol–water partition coefficient (Wildman–Crippen LogP) is 2.21. The first-order valence-electron chi connectivity index (χ1n) is 7.10. The fourth-order valence-electron chi connectivity index (χ4n) is 3.42. The molecule has 3 nitrogen and oxygen atoms in total. The Morgan fingerprint density at radius 1 is 1.35 bits per heavy atom. The number of hydrogen-bond donors (Lipinski definition) is 1. The van der Waals surface area contributed by atoms with Crippen LogP contribution in [0.25, 0.3) is 0 Å². The highest BCUT2D eigenvalue weighted by molar-refractivity contribution is 5.11. The minimum absolute atomic E-state index is 0.311. The van der Waals surface area contributed by atoms with E-state index in [1.165, 1.54) is 6.42 Å². The van der Waals surface area contributed by atoms with E-state index < -0.39 is 0 Å². The van der Waals surface area contributed by atoms with Gasteiger partial charge in [-0.15, -0.1) is 0 Å². The Bertz CT molecular complexity index is 242. The highest BCUT2D eigenvalue weighted by Gasteiger charge is 2.58. The zero-order valence-electron chi connectivity index (χ0n) is 11.5. The Morgan fingerprint density at radius 2 is 2.18 bits per heavy atom. The second kappa shape index (κ2) is 5.68. The molecule has 0 radical (unpaired) electrons. The van der Waals surface area contributed by atoms with Gasteiger partial charge in [0.1, 0.15) is 0 Å². The standard InChI is InChI=1S/C14H27NO2/c1-4-8-16-9-5-7-15-12-11-6-10-17-13(11)14(12,2)3/h11-13,15H,4-10H2,1-3H3. The molecule has 1 saturated carbocycles. The average molecular weight is 241 g/mol. The van der Waals surface area contributed by atoms with Crippen LogP contribution in [0.5, 0.6) is 0 Å². The predicted molar refractivity (Wildman–Crippen MR) is 69.1 cm³/mol. The van der Waals surface area contributed by atoms with Crippen LogP contribution in [0, 0.1) is 11.3 Å². The van der Waals surface area contributed by atoms with E-state index in [0.29, 0.717) is 17.6 Å². The van der Waals surface area contributed by atoms with E-state index in [1.807, 2.05) is 0 Å². The van der Waals surface area contributed by atoms with Crippen LogP contribution in [0.2, 0.25) is 0 Å². The molecule has 0 bridgehead atoms. The van der Waals surface area contributed by atoms with Crippen LogP contribution in [0.4, 0.5) is 0 Å². The molecule has 3 heteroatoms. The van der Waals surface area contributed by atoms with Gasteiger partial charge in [-0.25, -0.2) is 0 Å². The largest absolute Gasteiger partial charge is 0.381 e. The summed E-state index contributed by atoms with van der Waals surface area (Å²) in [6.45, 7) is 10.6. The third kappa shape index (κ3) is 2.67. The lowest BCUT2D eigenvalue weighted by atomic mass is 9.57. The van der Waals surface area contributed by atoms with E-state index in [2.05, 4.69) is 26.1 Å². The maximum Gasteiger partial charge on any atom is 0.0685 e. The maximum absolute atomic E-state index is 5.79. The molecule has 0 aromatic heterocycles. The SMILES string of the molecule is CCCOCCCNC1C2CCOC2C1(C)C. The minimum Gasteiger partial charge on any atom is -0.381 e. The Kier molecular flexibility index (Phi) is 4.45. The summed E-state index contributed by atoms with van der Waals surface area (Å²) in [5, 5.41) is 3.70. The summed E-state index contributed by atoms with van der Waals surface area (Å²) in [4.78, 5) is 0. The second-order valence-corrected chi connectivity index (χ2v) is 5.96. The molecule has 0 spiro atoms. The van der Waals surface area contributed by atoms with Crippen molar-refractivity contribution in [1.82, 2.24) is 5.32 Å². The van der Waals surface area contributed by atoms with E-state index in [1.54, 1.807) is 0 Å². The van der Waals surface area contributed by atoms with Crippen LogP contribution in [0.1, 0.15) is 40.0 Å². The number of ether oxygens (including phenoxy) is 2. The Hall–Kier alpha value is -0.120. The van der Waals surface area contributed by atoms with Crippen LogP contribution in [-0.4, -0.2) is 38.5 Å². The lowest BCUT2D eigenvalue weighted by Crippen LogP contribution is -2.65. The molecule has 0 aromatic carbocycles. The van der Waals surface area contributed by atoms with Crippen molar-refractivity contribution in [1.29, 1.82) is 0 Å². The van der Waals surface area contributed by atoms with E-state index >= 15 is 0 Å². The molecule has 2 fully saturated rings. The third-order valence-electron chi connectivity index (χ3n) is 4.28. The summed E-state index contributed by atoms with van der Waals surface area (Å²) in [5.41, 5.74) is 0.311. The van der Waals surface area contributed by atoms with Gasteiger partial charge in [0.2, 0.25) is 0 Å². The zero-order valence-corrected chi connectivity index (χ0v) is 11.5. The third-order valence-corrected chi connectivity index (χ3v) is 4.28. The van der Waals surface area contributed by atoms with Crippen molar-refractivity contribution in [2.75, 3.05) is 26.4 Å². The van der Waals surface area contributed by atoms with Gasteiger partial charge in [0.25, 0.3) is 0 Å². The van der Waals surface area contributed by atoms with Crippen LogP contribution in [-0.2, 0) is 9.47 Å². The molecular weight excluding hydrogens is 214 g/mol. The Morgan fingerprint density at radius 3 is 2.94 bits per heavy atom. The van der Waals surface area contributed by atoms with Crippen LogP contribution in [0.15, 0.2) is 0 Å². The van der Waals surface area contributed by atoms with Crippen molar-refractivity contribution in [2.24, 2.45) is 11.3 Å². The van der Waals surface area contributed by atoms with Gasteiger partial charge >= 0.3 is 0 Å². The monoisotopic (exact) mass is 241 g/mol. The van der Waals surface area contributed by atoms with Crippen molar-refractivity contribution < 1.29 is 9.47 Å². The number of rotatable bonds is 7. The van der Waals surface area contributed by atoms with Crippen molar-refractivity contribution in [2.45, 2.75) is 52.2 Å². The van der Waals surface area contributed by atoms with E-state index in [-0.39, 0.29) is 0 Å². The molecule has 1 heterocycles. The van der Waals surface area contributed by atoms with E-state index in [0.717, 1.165) is 45.1 Å². The molecule has 100 valence electrons. The first kappa shape index (κ1) is 13.3. The second-order valence-electron chi connectivity index (χ2n) is 5.96. The van der Waals surface area contributed by atoms with Gasteiger partial charge < -0.3 is 14.8 Å². The number of nitrogens with one attached hydrogen (secondary N) is 1. The molecule has 1 saturated heterocycles. The molecular formula is C14H27NO2. The molecule has 0 amide bonds. The normalized spacial score (nSPS) is 34.4. The summed E-state index contributed by atoms with van der Waals surface area (Å²) < 4.78 is 11.3. The van der Waals surface area contributed by atoms with Gasteiger partial charge in [0.05, 0.1) is 6.10 Å². The Balaban J connectivity index is 1.63. The van der Waals surface area contributed by atoms with Gasteiger partial charge in [0.15, 0.2) is 0 Å². The smallest absolute Gasteiger partial charge is 0.0685 e. The van der Waals surface area contributed by atoms with Gasteiger partial charge in [-0.1, -0.05) is 20.8 Å². The van der Waals surface area contributed by atoms with E-state index in [9.17, 15) is 0 Å². The minimum atomic E-state index is 0.311. The van der Waals surface area contributed by atoms with Gasteiger partial charge in [-0.3, -0.25) is 0 Å². The van der Waals surface area contributed by atoms with Crippen molar-refractivity contribution >= 4 is 0 Å². The molecule has 17 heavy (non-hydrogen) atoms. The molecule has 1 N–H and O–H groups in total. The van der Waals surface area contributed by atoms with Crippen molar-refractivity contribution in [3.8, 4) is 0 Å². The molecule has 1 aliphatic heterocycles. The lowest BCUT2D eigenvalue weighted by molar-refractivity contribution is -0.112. The highest BCUT2D eigenvalue weighted by atomic mass is 16.5. The molecule has 3 unspecified atom stereocenters. The van der Waals surface area contributed by atoms with Gasteiger partial charge in [-0.2, -0.15) is 0 Å². The van der Waals surface area contributed by atoms with Crippen LogP contribution in [0.3, 0.4) is 0 Å². The van der Waals surface area contributed by atoms with Crippen molar-refractivity contribution in [3.05, 3.63) is 0 Å². The quantitative estimate of drug-likeness (QED) is 0.693. The molecule has 3 atom stereocenters. The van der Waals surface area contributed by atoms with Gasteiger partial charge in [-0.05, 0) is 25.8 Å². The first-order valence-corrected chi connectivity index (χ1v) is 7.10. The summed E-state index contributed by atoms with van der Waals surface area (Å²) in [6.07, 6.45) is 3.96. The summed E-state index contributed by atoms with van der Waals surface area (Å²) in [5.74, 6) is 0.751. The highest BCUT2D eigenvalue weighted by Crippen LogP contribution is 2.51. The Labute approximate surface area is 105 Å². The first-order chi connectivity index (χ1) is 8.18. The summed E-state index contributed by atoms with van der Waals surface area (Å²) in [7, 11) is 0. The molecule has 0 aromatic rings. The fourth-order valence-corrected chi connectivity index (χ4v) is 3.42. The molecule has 1 aliphatic carbocycles. The summed E-state index contributed by atoms with van der Waals surface area (Å²) >= 11 is 0. The number of hydrogen-bond acceptors (Lipinski definition) is 3. The van der Waals surface area contributed by atoms with Crippen LogP contribution < -0.4 is 5.32 Å². The topological polar surface area (TPSA) is 30.5 Å².